The van der Waals surface area contributed by atoms with Crippen LogP contribution >= 0.6 is 23.1 Å². The lowest BCUT2D eigenvalue weighted by Crippen LogP contribution is -2.22. The first-order chi connectivity index (χ1) is 17.9. The van der Waals surface area contributed by atoms with Crippen molar-refractivity contribution >= 4 is 44.9 Å². The van der Waals surface area contributed by atoms with Gasteiger partial charge in [-0.25, -0.2) is 4.98 Å². The largest absolute Gasteiger partial charge is 0.494 e. The van der Waals surface area contributed by atoms with Crippen molar-refractivity contribution in [1.82, 2.24) is 9.55 Å². The molecule has 0 spiro atoms. The third kappa shape index (κ3) is 6.17. The molecule has 0 bridgehead atoms. The molecule has 0 aliphatic carbocycles. The van der Waals surface area contributed by atoms with Crippen LogP contribution in [0, 0.1) is 6.92 Å². The molecule has 4 aromatic rings. The van der Waals surface area contributed by atoms with E-state index in [1.54, 1.807) is 28.0 Å². The number of anilines is 1. The number of thioether (sulfide) groups is 1. The van der Waals surface area contributed by atoms with E-state index in [9.17, 15) is 9.59 Å². The molecular formula is C28H31N3O4S2. The zero-order valence-corrected chi connectivity index (χ0v) is 23.1. The highest BCUT2D eigenvalue weighted by atomic mass is 32.2. The van der Waals surface area contributed by atoms with E-state index in [-0.39, 0.29) is 17.2 Å². The standard InChI is InChI=1S/C28H31N3O4S2/c1-5-8-23-18(4)25-26(37-23)30-28(31(27(25)33)20-11-15-22(16-12-20)35-7-3)36-17-24(32)29-19-9-13-21(14-10-19)34-6-2/h9-16H,5-8,17H2,1-4H3,(H,29,32). The molecule has 194 valence electrons. The molecule has 0 saturated heterocycles. The normalized spacial score (nSPS) is 11.0. The number of hydrogen-bond donors (Lipinski definition) is 1. The Bertz CT molecular complexity index is 1430. The first-order valence-electron chi connectivity index (χ1n) is 12.4. The third-order valence-electron chi connectivity index (χ3n) is 5.70. The number of nitrogens with one attached hydrogen (secondary N) is 1. The van der Waals surface area contributed by atoms with Crippen LogP contribution in [0.3, 0.4) is 0 Å². The van der Waals surface area contributed by atoms with Gasteiger partial charge in [0, 0.05) is 10.6 Å². The van der Waals surface area contributed by atoms with Crippen LogP contribution in [0.4, 0.5) is 5.69 Å². The first kappa shape index (κ1) is 26.8. The van der Waals surface area contributed by atoms with Crippen LogP contribution in [0.1, 0.15) is 37.6 Å². The van der Waals surface area contributed by atoms with Gasteiger partial charge in [0.15, 0.2) is 5.16 Å². The second kappa shape index (κ2) is 12.3. The summed E-state index contributed by atoms with van der Waals surface area (Å²) < 4.78 is 12.6. The summed E-state index contributed by atoms with van der Waals surface area (Å²) in [5.74, 6) is 1.40. The maximum atomic E-state index is 13.8. The van der Waals surface area contributed by atoms with E-state index in [0.717, 1.165) is 29.9 Å². The van der Waals surface area contributed by atoms with Crippen LogP contribution in [0.5, 0.6) is 11.5 Å². The van der Waals surface area contributed by atoms with Gasteiger partial charge in [0.2, 0.25) is 5.91 Å². The van der Waals surface area contributed by atoms with Gasteiger partial charge in [0.05, 0.1) is 30.0 Å². The van der Waals surface area contributed by atoms with Crippen molar-refractivity contribution in [2.24, 2.45) is 0 Å². The number of rotatable bonds is 11. The minimum absolute atomic E-state index is 0.106. The molecule has 2 aromatic carbocycles. The second-order valence-corrected chi connectivity index (χ2v) is 10.4. The summed E-state index contributed by atoms with van der Waals surface area (Å²) in [6, 6.07) is 14.6. The number of thiophene rings is 1. The van der Waals surface area contributed by atoms with Gasteiger partial charge in [-0.05, 0) is 81.3 Å². The number of hydrogen-bond acceptors (Lipinski definition) is 7. The topological polar surface area (TPSA) is 82.4 Å². The Morgan fingerprint density at radius 1 is 1.00 bits per heavy atom. The quantitative estimate of drug-likeness (QED) is 0.180. The van der Waals surface area contributed by atoms with Crippen LogP contribution in [0.15, 0.2) is 58.5 Å². The molecular weight excluding hydrogens is 506 g/mol. The SMILES string of the molecule is CCCc1sc2nc(SCC(=O)Nc3ccc(OCC)cc3)n(-c3ccc(OCC)cc3)c(=O)c2c1C. The van der Waals surface area contributed by atoms with Gasteiger partial charge in [-0.2, -0.15) is 0 Å². The molecule has 1 amide bonds. The van der Waals surface area contributed by atoms with Crippen molar-refractivity contribution in [3.05, 3.63) is 69.3 Å². The van der Waals surface area contributed by atoms with Crippen LogP contribution in [0.2, 0.25) is 0 Å². The highest BCUT2D eigenvalue weighted by Gasteiger charge is 2.20. The van der Waals surface area contributed by atoms with Crippen LogP contribution in [-0.4, -0.2) is 34.4 Å². The van der Waals surface area contributed by atoms with E-state index in [1.807, 2.05) is 57.2 Å². The molecule has 0 radical (unpaired) electrons. The number of aryl methyl sites for hydroxylation is 2. The van der Waals surface area contributed by atoms with Crippen LogP contribution < -0.4 is 20.3 Å². The molecule has 0 unspecified atom stereocenters. The van der Waals surface area contributed by atoms with Crippen molar-refractivity contribution < 1.29 is 14.3 Å². The Labute approximate surface area is 224 Å². The molecule has 7 nitrogen and oxygen atoms in total. The molecule has 0 fully saturated rings. The van der Waals surface area contributed by atoms with Gasteiger partial charge in [-0.15, -0.1) is 11.3 Å². The van der Waals surface area contributed by atoms with Crippen molar-refractivity contribution in [3.63, 3.8) is 0 Å². The number of amides is 1. The lowest BCUT2D eigenvalue weighted by atomic mass is 10.1. The summed E-state index contributed by atoms with van der Waals surface area (Å²) in [7, 11) is 0. The van der Waals surface area contributed by atoms with Gasteiger partial charge in [-0.1, -0.05) is 25.1 Å². The maximum Gasteiger partial charge on any atom is 0.267 e. The summed E-state index contributed by atoms with van der Waals surface area (Å²) in [6.07, 6.45) is 1.90. The van der Waals surface area contributed by atoms with Crippen molar-refractivity contribution in [1.29, 1.82) is 0 Å². The Morgan fingerprint density at radius 2 is 1.62 bits per heavy atom. The fourth-order valence-corrected chi connectivity index (χ4v) is 6.12. The summed E-state index contributed by atoms with van der Waals surface area (Å²) >= 11 is 2.80. The molecule has 37 heavy (non-hydrogen) atoms. The minimum atomic E-state index is -0.184. The molecule has 0 atom stereocenters. The fourth-order valence-electron chi connectivity index (χ4n) is 3.99. The molecule has 0 saturated carbocycles. The zero-order chi connectivity index (χ0) is 26.4. The molecule has 1 N–H and O–H groups in total. The van der Waals surface area contributed by atoms with E-state index < -0.39 is 0 Å². The number of aromatic nitrogens is 2. The number of benzene rings is 2. The Balaban J connectivity index is 1.65. The van der Waals surface area contributed by atoms with Crippen LogP contribution in [-0.2, 0) is 11.2 Å². The summed E-state index contributed by atoms with van der Waals surface area (Å²) in [4.78, 5) is 33.3. The average Bonchev–Trinajstić information content (AvgIpc) is 3.20. The van der Waals surface area contributed by atoms with Crippen molar-refractivity contribution in [2.45, 2.75) is 45.7 Å². The number of fused-ring (bicyclic) bond motifs is 1. The summed E-state index contributed by atoms with van der Waals surface area (Å²) in [5.41, 5.74) is 2.22. The highest BCUT2D eigenvalue weighted by Crippen LogP contribution is 2.31. The molecule has 0 aliphatic rings. The van der Waals surface area contributed by atoms with Crippen LogP contribution in [0.25, 0.3) is 15.9 Å². The molecule has 2 aromatic heterocycles. The third-order valence-corrected chi connectivity index (χ3v) is 7.88. The second-order valence-electron chi connectivity index (χ2n) is 8.34. The number of carbonyl (C=O) groups excluding carboxylic acids is 1. The molecule has 4 rings (SSSR count). The average molecular weight is 538 g/mol. The van der Waals surface area contributed by atoms with Gasteiger partial charge in [-0.3, -0.25) is 14.2 Å². The maximum absolute atomic E-state index is 13.8. The predicted molar refractivity (Wildman–Crippen MR) is 152 cm³/mol. The minimum Gasteiger partial charge on any atom is -0.494 e. The lowest BCUT2D eigenvalue weighted by molar-refractivity contribution is -0.113. The molecule has 2 heterocycles. The fraction of sp³-hybridized carbons (Fsp3) is 0.321. The Hall–Kier alpha value is -3.30. The van der Waals surface area contributed by atoms with E-state index in [1.165, 1.54) is 16.6 Å². The molecule has 0 aliphatic heterocycles. The lowest BCUT2D eigenvalue weighted by Gasteiger charge is -2.13. The van der Waals surface area contributed by atoms with E-state index >= 15 is 0 Å². The number of nitrogens with zero attached hydrogens (tertiary/aromatic N) is 2. The van der Waals surface area contributed by atoms with E-state index in [0.29, 0.717) is 40.0 Å². The molecule has 9 heteroatoms. The van der Waals surface area contributed by atoms with Gasteiger partial charge >= 0.3 is 0 Å². The first-order valence-corrected chi connectivity index (χ1v) is 14.2. The highest BCUT2D eigenvalue weighted by molar-refractivity contribution is 7.99. The Kier molecular flexibility index (Phi) is 8.89. The van der Waals surface area contributed by atoms with Crippen molar-refractivity contribution in [3.8, 4) is 17.2 Å². The number of ether oxygens (including phenoxy) is 2. The summed E-state index contributed by atoms with van der Waals surface area (Å²) in [5, 5.41) is 4.02. The van der Waals surface area contributed by atoms with Crippen molar-refractivity contribution in [2.75, 3.05) is 24.3 Å². The predicted octanol–water partition coefficient (Wildman–Crippen LogP) is 6.24. The Morgan fingerprint density at radius 3 is 2.22 bits per heavy atom. The number of carbonyl (C=O) groups is 1. The monoisotopic (exact) mass is 537 g/mol. The van der Waals surface area contributed by atoms with E-state index in [2.05, 4.69) is 12.2 Å². The van der Waals surface area contributed by atoms with Gasteiger partial charge in [0.25, 0.3) is 5.56 Å². The zero-order valence-electron chi connectivity index (χ0n) is 21.5. The van der Waals surface area contributed by atoms with Gasteiger partial charge in [0.1, 0.15) is 16.3 Å². The van der Waals surface area contributed by atoms with E-state index in [4.69, 9.17) is 14.5 Å². The summed E-state index contributed by atoms with van der Waals surface area (Å²) in [6.45, 7) is 9.11. The van der Waals surface area contributed by atoms with Gasteiger partial charge < -0.3 is 14.8 Å². The smallest absolute Gasteiger partial charge is 0.267 e.